The summed E-state index contributed by atoms with van der Waals surface area (Å²) in [5.74, 6) is 0.104. The molecule has 3 heteroatoms. The molecule has 0 aromatic heterocycles. The molecule has 1 aliphatic carbocycles. The lowest BCUT2D eigenvalue weighted by Gasteiger charge is -2.29. The van der Waals surface area contributed by atoms with E-state index >= 15 is 0 Å². The maximum Gasteiger partial charge on any atom is 0.108 e. The summed E-state index contributed by atoms with van der Waals surface area (Å²) in [7, 11) is 0. The van der Waals surface area contributed by atoms with Crippen LogP contribution in [0.5, 0.6) is 0 Å². The maximum absolute atomic E-state index is 10.3. The van der Waals surface area contributed by atoms with Crippen LogP contribution >= 0.6 is 0 Å². The van der Waals surface area contributed by atoms with Crippen molar-refractivity contribution in [1.29, 1.82) is 0 Å². The van der Waals surface area contributed by atoms with Gasteiger partial charge in [0.1, 0.15) is 6.10 Å². The van der Waals surface area contributed by atoms with E-state index < -0.39 is 6.10 Å². The predicted molar refractivity (Wildman–Crippen MR) is 84.0 cm³/mol. The van der Waals surface area contributed by atoms with E-state index in [0.29, 0.717) is 13.2 Å². The minimum absolute atomic E-state index is 0.104. The molecule has 1 aliphatic rings. The Hall–Kier alpha value is -1.16. The first-order valence-corrected chi connectivity index (χ1v) is 7.55. The molecule has 1 N–H and O–H groups in total. The molecule has 0 aliphatic heterocycles. The molecule has 0 amide bonds. The van der Waals surface area contributed by atoms with Gasteiger partial charge in [-0.1, -0.05) is 43.3 Å². The Morgan fingerprint density at radius 3 is 2.38 bits per heavy atom. The molecule has 0 bridgehead atoms. The van der Waals surface area contributed by atoms with Crippen LogP contribution in [0.3, 0.4) is 0 Å². The van der Waals surface area contributed by atoms with Crippen LogP contribution in [0.25, 0.3) is 0 Å². The third kappa shape index (κ3) is 4.67. The largest absolute Gasteiger partial charge is 0.389 e. The van der Waals surface area contributed by atoms with Gasteiger partial charge in [-0.3, -0.25) is 0 Å². The van der Waals surface area contributed by atoms with Gasteiger partial charge in [-0.05, 0) is 31.9 Å². The van der Waals surface area contributed by atoms with Crippen LogP contribution in [0.1, 0.15) is 33.3 Å². The molecule has 0 heterocycles. The molecule has 1 aromatic carbocycles. The predicted octanol–water partition coefficient (Wildman–Crippen LogP) is 3.32. The number of rotatable bonds is 5. The minimum Gasteiger partial charge on any atom is -0.389 e. The van der Waals surface area contributed by atoms with Gasteiger partial charge in [-0.2, -0.15) is 0 Å². The second-order valence-electron chi connectivity index (χ2n) is 6.72. The molecule has 21 heavy (non-hydrogen) atoms. The van der Waals surface area contributed by atoms with E-state index in [1.807, 2.05) is 58.0 Å². The monoisotopic (exact) mass is 290 g/mol. The molecule has 3 atom stereocenters. The van der Waals surface area contributed by atoms with Crippen LogP contribution in [0.15, 0.2) is 42.0 Å². The zero-order valence-electron chi connectivity index (χ0n) is 13.4. The molecule has 2 rings (SSSR count). The van der Waals surface area contributed by atoms with Crippen LogP contribution in [-0.2, 0) is 16.1 Å². The summed E-state index contributed by atoms with van der Waals surface area (Å²) < 4.78 is 11.8. The average Bonchev–Trinajstić information content (AvgIpc) is 2.66. The number of hydrogen-bond donors (Lipinski definition) is 1. The van der Waals surface area contributed by atoms with Gasteiger partial charge in [0, 0.05) is 5.92 Å². The molecule has 1 aromatic rings. The molecule has 3 nitrogen and oxygen atoms in total. The van der Waals surface area contributed by atoms with E-state index in [2.05, 4.69) is 6.08 Å². The van der Waals surface area contributed by atoms with Crippen LogP contribution in [0.2, 0.25) is 0 Å². The van der Waals surface area contributed by atoms with Crippen molar-refractivity contribution in [2.45, 2.75) is 52.1 Å². The highest BCUT2D eigenvalue weighted by atomic mass is 16.5. The third-order valence-corrected chi connectivity index (χ3v) is 3.55. The van der Waals surface area contributed by atoms with Crippen LogP contribution in [0, 0.1) is 5.92 Å². The quantitative estimate of drug-likeness (QED) is 0.845. The lowest BCUT2D eigenvalue weighted by molar-refractivity contribution is -0.0975. The van der Waals surface area contributed by atoms with Gasteiger partial charge in [0.25, 0.3) is 0 Å². The summed E-state index contributed by atoms with van der Waals surface area (Å²) in [6.45, 7) is 9.09. The highest BCUT2D eigenvalue weighted by Crippen LogP contribution is 2.31. The van der Waals surface area contributed by atoms with Gasteiger partial charge in [0.05, 0.1) is 24.9 Å². The molecule has 0 fully saturated rings. The average molecular weight is 290 g/mol. The summed E-state index contributed by atoms with van der Waals surface area (Å²) in [4.78, 5) is 0. The molecule has 0 spiro atoms. The molecule has 0 unspecified atom stereocenters. The number of ether oxygens (including phenoxy) is 2. The Morgan fingerprint density at radius 1 is 1.10 bits per heavy atom. The Kier molecular flexibility index (Phi) is 5.20. The standard InChI is InChI=1S/C18H26O3/c1-13-10-15(17(16(13)19)21-18(2,3)4)12-20-11-14-8-6-5-7-9-14/h5-10,13,16-17,19H,11-12H2,1-4H3/t13-,16-,17+/m0/s1. The van der Waals surface area contributed by atoms with E-state index in [1.165, 1.54) is 0 Å². The highest BCUT2D eigenvalue weighted by molar-refractivity contribution is 5.22. The Bertz CT molecular complexity index is 473. The fraction of sp³-hybridized carbons (Fsp3) is 0.556. The SMILES string of the molecule is C[C@H]1C=C(COCc2ccccc2)[C@@H](OC(C)(C)C)[C@H]1O. The first kappa shape index (κ1) is 16.2. The molecular weight excluding hydrogens is 264 g/mol. The molecule has 0 saturated carbocycles. The van der Waals surface area contributed by atoms with Crippen molar-refractivity contribution in [2.75, 3.05) is 6.61 Å². The van der Waals surface area contributed by atoms with E-state index in [4.69, 9.17) is 9.47 Å². The van der Waals surface area contributed by atoms with Gasteiger partial charge in [0.15, 0.2) is 0 Å². The zero-order valence-corrected chi connectivity index (χ0v) is 13.4. The maximum atomic E-state index is 10.3. The summed E-state index contributed by atoms with van der Waals surface area (Å²) in [6.07, 6.45) is 1.32. The third-order valence-electron chi connectivity index (χ3n) is 3.55. The second-order valence-corrected chi connectivity index (χ2v) is 6.72. The fourth-order valence-corrected chi connectivity index (χ4v) is 2.54. The van der Waals surface area contributed by atoms with E-state index in [1.54, 1.807) is 0 Å². The van der Waals surface area contributed by atoms with Crippen molar-refractivity contribution in [3.8, 4) is 0 Å². The Balaban J connectivity index is 1.92. The smallest absolute Gasteiger partial charge is 0.108 e. The first-order valence-electron chi connectivity index (χ1n) is 7.55. The van der Waals surface area contributed by atoms with Gasteiger partial charge >= 0.3 is 0 Å². The second kappa shape index (κ2) is 6.73. The zero-order chi connectivity index (χ0) is 15.5. The normalized spacial score (nSPS) is 26.0. The van der Waals surface area contributed by atoms with Gasteiger partial charge in [-0.15, -0.1) is 0 Å². The molecular formula is C18H26O3. The van der Waals surface area contributed by atoms with Crippen molar-refractivity contribution in [3.05, 3.63) is 47.5 Å². The fourth-order valence-electron chi connectivity index (χ4n) is 2.54. The lowest BCUT2D eigenvalue weighted by atomic mass is 10.1. The molecule has 116 valence electrons. The minimum atomic E-state index is -0.487. The number of aliphatic hydroxyl groups excluding tert-OH is 1. The summed E-state index contributed by atoms with van der Waals surface area (Å²) >= 11 is 0. The van der Waals surface area contributed by atoms with Crippen molar-refractivity contribution in [2.24, 2.45) is 5.92 Å². The van der Waals surface area contributed by atoms with Gasteiger partial charge < -0.3 is 14.6 Å². The summed E-state index contributed by atoms with van der Waals surface area (Å²) in [5, 5.41) is 10.3. The van der Waals surface area contributed by atoms with Gasteiger partial charge in [0.2, 0.25) is 0 Å². The van der Waals surface area contributed by atoms with Crippen molar-refractivity contribution < 1.29 is 14.6 Å². The highest BCUT2D eigenvalue weighted by Gasteiger charge is 2.36. The molecule has 0 saturated heterocycles. The van der Waals surface area contributed by atoms with E-state index in [0.717, 1.165) is 11.1 Å². The Morgan fingerprint density at radius 2 is 1.76 bits per heavy atom. The van der Waals surface area contributed by atoms with E-state index in [-0.39, 0.29) is 17.6 Å². The first-order chi connectivity index (χ1) is 9.87. The van der Waals surface area contributed by atoms with Crippen molar-refractivity contribution >= 4 is 0 Å². The summed E-state index contributed by atoms with van der Waals surface area (Å²) in [6, 6.07) is 10.1. The lowest BCUT2D eigenvalue weighted by Crippen LogP contribution is -2.37. The van der Waals surface area contributed by atoms with Crippen molar-refractivity contribution in [3.63, 3.8) is 0 Å². The summed E-state index contributed by atoms with van der Waals surface area (Å²) in [5.41, 5.74) is 1.91. The molecule has 0 radical (unpaired) electrons. The van der Waals surface area contributed by atoms with Gasteiger partial charge in [-0.25, -0.2) is 0 Å². The Labute approximate surface area is 127 Å². The van der Waals surface area contributed by atoms with E-state index in [9.17, 15) is 5.11 Å². The number of hydrogen-bond acceptors (Lipinski definition) is 3. The number of aliphatic hydroxyl groups is 1. The van der Waals surface area contributed by atoms with Crippen LogP contribution < -0.4 is 0 Å². The van der Waals surface area contributed by atoms with Crippen LogP contribution in [0.4, 0.5) is 0 Å². The number of benzene rings is 1. The van der Waals surface area contributed by atoms with Crippen molar-refractivity contribution in [1.82, 2.24) is 0 Å². The van der Waals surface area contributed by atoms with Crippen LogP contribution in [-0.4, -0.2) is 29.5 Å². The topological polar surface area (TPSA) is 38.7 Å².